The highest BCUT2D eigenvalue weighted by molar-refractivity contribution is 4.71. The van der Waals surface area contributed by atoms with E-state index >= 15 is 0 Å². The largest absolute Gasteiger partial charge is 0.377 e. The van der Waals surface area contributed by atoms with Crippen molar-refractivity contribution in [2.75, 3.05) is 13.7 Å². The van der Waals surface area contributed by atoms with Crippen molar-refractivity contribution in [1.82, 2.24) is 5.32 Å². The minimum absolute atomic E-state index is 0.484. The summed E-state index contributed by atoms with van der Waals surface area (Å²) in [6, 6.07) is 0.484. The molecule has 2 nitrogen and oxygen atoms in total. The Labute approximate surface area is 82.0 Å². The monoisotopic (exact) mass is 185 g/mol. The van der Waals surface area contributed by atoms with Gasteiger partial charge in [0.1, 0.15) is 0 Å². The zero-order valence-corrected chi connectivity index (χ0v) is 9.18. The molecule has 1 aliphatic rings. The molecule has 0 aromatic heterocycles. The zero-order chi connectivity index (χ0) is 9.68. The van der Waals surface area contributed by atoms with E-state index in [0.717, 1.165) is 12.5 Å². The molecule has 1 aliphatic carbocycles. The molecule has 1 N–H and O–H groups in total. The standard InChI is InChI=1S/C11H23NO/c1-9-5-4-6-11(7-9)13-8-10(2)12-3/h9-12H,4-8H2,1-3H3. The fourth-order valence-corrected chi connectivity index (χ4v) is 1.89. The lowest BCUT2D eigenvalue weighted by molar-refractivity contribution is 0.00732. The van der Waals surface area contributed by atoms with Crippen molar-refractivity contribution in [3.63, 3.8) is 0 Å². The second-order valence-electron chi connectivity index (χ2n) is 4.42. The van der Waals surface area contributed by atoms with Gasteiger partial charge in [-0.05, 0) is 32.7 Å². The van der Waals surface area contributed by atoms with Gasteiger partial charge < -0.3 is 10.1 Å². The summed E-state index contributed by atoms with van der Waals surface area (Å²) in [4.78, 5) is 0. The lowest BCUT2D eigenvalue weighted by atomic mass is 9.89. The van der Waals surface area contributed by atoms with E-state index in [4.69, 9.17) is 4.74 Å². The van der Waals surface area contributed by atoms with Gasteiger partial charge in [-0.3, -0.25) is 0 Å². The molecule has 0 amide bonds. The predicted molar refractivity (Wildman–Crippen MR) is 55.9 cm³/mol. The summed E-state index contributed by atoms with van der Waals surface area (Å²) in [5.41, 5.74) is 0. The number of ether oxygens (including phenoxy) is 1. The van der Waals surface area contributed by atoms with Crippen LogP contribution in [0.3, 0.4) is 0 Å². The summed E-state index contributed by atoms with van der Waals surface area (Å²) >= 11 is 0. The summed E-state index contributed by atoms with van der Waals surface area (Å²) in [5.74, 6) is 0.864. The number of rotatable bonds is 4. The molecule has 3 unspecified atom stereocenters. The van der Waals surface area contributed by atoms with Gasteiger partial charge >= 0.3 is 0 Å². The molecule has 2 heteroatoms. The third kappa shape index (κ3) is 4.10. The summed E-state index contributed by atoms with van der Waals surface area (Å²) in [6.45, 7) is 5.34. The number of nitrogens with one attached hydrogen (secondary N) is 1. The first-order valence-corrected chi connectivity index (χ1v) is 5.51. The quantitative estimate of drug-likeness (QED) is 0.725. The summed E-state index contributed by atoms with van der Waals surface area (Å²) in [6.07, 6.45) is 5.79. The van der Waals surface area contributed by atoms with Gasteiger partial charge in [0.25, 0.3) is 0 Å². The lowest BCUT2D eigenvalue weighted by Gasteiger charge is -2.27. The van der Waals surface area contributed by atoms with Crippen LogP contribution in [0.2, 0.25) is 0 Å². The fourth-order valence-electron chi connectivity index (χ4n) is 1.89. The Morgan fingerprint density at radius 3 is 2.85 bits per heavy atom. The SMILES string of the molecule is CNC(C)COC1CCCC(C)C1. The molecule has 1 rings (SSSR count). The summed E-state index contributed by atoms with van der Waals surface area (Å²) in [7, 11) is 1.98. The Bertz CT molecular complexity index is 138. The minimum atomic E-state index is 0.484. The normalized spacial score (nSPS) is 31.6. The van der Waals surface area contributed by atoms with Crippen molar-refractivity contribution in [2.45, 2.75) is 51.7 Å². The molecule has 0 aliphatic heterocycles. The van der Waals surface area contributed by atoms with Crippen LogP contribution < -0.4 is 5.32 Å². The van der Waals surface area contributed by atoms with Crippen LogP contribution in [0.25, 0.3) is 0 Å². The molecule has 3 atom stereocenters. The molecule has 78 valence electrons. The molecular weight excluding hydrogens is 162 g/mol. The van der Waals surface area contributed by atoms with Crippen molar-refractivity contribution in [2.24, 2.45) is 5.92 Å². The van der Waals surface area contributed by atoms with Gasteiger partial charge in [-0.2, -0.15) is 0 Å². The van der Waals surface area contributed by atoms with Crippen molar-refractivity contribution in [3.05, 3.63) is 0 Å². The van der Waals surface area contributed by atoms with E-state index in [2.05, 4.69) is 19.2 Å². The average Bonchev–Trinajstić information content (AvgIpc) is 2.14. The van der Waals surface area contributed by atoms with Crippen molar-refractivity contribution in [1.29, 1.82) is 0 Å². The van der Waals surface area contributed by atoms with E-state index < -0.39 is 0 Å². The molecule has 13 heavy (non-hydrogen) atoms. The molecule has 0 heterocycles. The molecule has 0 aromatic carbocycles. The Morgan fingerprint density at radius 2 is 2.23 bits per heavy atom. The number of hydrogen-bond donors (Lipinski definition) is 1. The van der Waals surface area contributed by atoms with Crippen LogP contribution in [-0.4, -0.2) is 25.8 Å². The lowest BCUT2D eigenvalue weighted by Crippen LogP contribution is -2.31. The van der Waals surface area contributed by atoms with Crippen molar-refractivity contribution < 1.29 is 4.74 Å². The molecule has 1 saturated carbocycles. The van der Waals surface area contributed by atoms with Gasteiger partial charge in [-0.1, -0.05) is 19.8 Å². The highest BCUT2D eigenvalue weighted by atomic mass is 16.5. The predicted octanol–water partition coefficient (Wildman–Crippen LogP) is 2.19. The second-order valence-corrected chi connectivity index (χ2v) is 4.42. The first kappa shape index (κ1) is 11.0. The second kappa shape index (κ2) is 5.61. The smallest absolute Gasteiger partial charge is 0.0620 e. The summed E-state index contributed by atoms with van der Waals surface area (Å²) < 4.78 is 5.84. The zero-order valence-electron chi connectivity index (χ0n) is 9.18. The molecule has 0 aromatic rings. The molecule has 0 saturated heterocycles. The van der Waals surface area contributed by atoms with Gasteiger partial charge in [-0.15, -0.1) is 0 Å². The van der Waals surface area contributed by atoms with Gasteiger partial charge in [0.15, 0.2) is 0 Å². The fraction of sp³-hybridized carbons (Fsp3) is 1.00. The molecule has 0 bridgehead atoms. The maximum Gasteiger partial charge on any atom is 0.0620 e. The number of likely N-dealkylation sites (N-methyl/N-ethyl adjacent to an activating group) is 1. The Morgan fingerprint density at radius 1 is 1.46 bits per heavy atom. The van der Waals surface area contributed by atoms with Crippen LogP contribution >= 0.6 is 0 Å². The van der Waals surface area contributed by atoms with Crippen LogP contribution in [0, 0.1) is 5.92 Å². The van der Waals surface area contributed by atoms with Crippen LogP contribution in [0.15, 0.2) is 0 Å². The van der Waals surface area contributed by atoms with Gasteiger partial charge in [-0.25, -0.2) is 0 Å². The maximum absolute atomic E-state index is 5.84. The van der Waals surface area contributed by atoms with E-state index in [-0.39, 0.29) is 0 Å². The van der Waals surface area contributed by atoms with E-state index in [0.29, 0.717) is 12.1 Å². The van der Waals surface area contributed by atoms with Crippen LogP contribution in [0.4, 0.5) is 0 Å². The number of hydrogen-bond acceptors (Lipinski definition) is 2. The van der Waals surface area contributed by atoms with Gasteiger partial charge in [0, 0.05) is 6.04 Å². The third-order valence-electron chi connectivity index (χ3n) is 2.96. The van der Waals surface area contributed by atoms with E-state index in [1.807, 2.05) is 7.05 Å². The first-order valence-electron chi connectivity index (χ1n) is 5.51. The van der Waals surface area contributed by atoms with Crippen LogP contribution in [0.5, 0.6) is 0 Å². The Hall–Kier alpha value is -0.0800. The Balaban J connectivity index is 2.13. The van der Waals surface area contributed by atoms with E-state index in [9.17, 15) is 0 Å². The van der Waals surface area contributed by atoms with Gasteiger partial charge in [0.05, 0.1) is 12.7 Å². The first-order chi connectivity index (χ1) is 6.22. The molecular formula is C11H23NO. The average molecular weight is 185 g/mol. The topological polar surface area (TPSA) is 21.3 Å². The maximum atomic E-state index is 5.84. The van der Waals surface area contributed by atoms with E-state index in [1.54, 1.807) is 0 Å². The highest BCUT2D eigenvalue weighted by Crippen LogP contribution is 2.25. The van der Waals surface area contributed by atoms with E-state index in [1.165, 1.54) is 25.7 Å². The summed E-state index contributed by atoms with van der Waals surface area (Å²) in [5, 5.41) is 3.19. The molecule has 0 radical (unpaired) electrons. The molecule has 1 fully saturated rings. The van der Waals surface area contributed by atoms with Crippen LogP contribution in [-0.2, 0) is 4.74 Å². The van der Waals surface area contributed by atoms with Crippen LogP contribution in [0.1, 0.15) is 39.5 Å². The Kier molecular flexibility index (Phi) is 4.74. The van der Waals surface area contributed by atoms with Gasteiger partial charge in [0.2, 0.25) is 0 Å². The third-order valence-corrected chi connectivity index (χ3v) is 2.96. The van der Waals surface area contributed by atoms with Crippen molar-refractivity contribution in [3.8, 4) is 0 Å². The van der Waals surface area contributed by atoms with Crippen molar-refractivity contribution >= 4 is 0 Å². The highest BCUT2D eigenvalue weighted by Gasteiger charge is 2.19. The molecule has 0 spiro atoms. The minimum Gasteiger partial charge on any atom is -0.377 e.